The molecule has 5 nitrogen and oxygen atoms in total. The SMILES string of the molecule is O=C(COC(=O)c1ccccc1C(F)(F)F)Nc1ccc(N2CCCCC2)cc1. The number of esters is 1. The molecule has 29 heavy (non-hydrogen) atoms. The van der Waals surface area contributed by atoms with Gasteiger partial charge in [-0.1, -0.05) is 12.1 Å². The van der Waals surface area contributed by atoms with Crippen LogP contribution in [0.15, 0.2) is 48.5 Å². The summed E-state index contributed by atoms with van der Waals surface area (Å²) < 4.78 is 43.7. The lowest BCUT2D eigenvalue weighted by molar-refractivity contribution is -0.138. The number of halogens is 3. The molecular formula is C21H21F3N2O3. The molecule has 154 valence electrons. The number of ether oxygens (including phenoxy) is 1. The highest BCUT2D eigenvalue weighted by Crippen LogP contribution is 2.32. The summed E-state index contributed by atoms with van der Waals surface area (Å²) in [6.45, 7) is 1.32. The van der Waals surface area contributed by atoms with E-state index in [1.54, 1.807) is 12.1 Å². The molecule has 3 rings (SSSR count). The number of carbonyl (C=O) groups excluding carboxylic acids is 2. The molecule has 0 aliphatic carbocycles. The number of piperidine rings is 1. The molecule has 1 heterocycles. The van der Waals surface area contributed by atoms with E-state index >= 15 is 0 Å². The number of rotatable bonds is 5. The fourth-order valence-corrected chi connectivity index (χ4v) is 3.22. The lowest BCUT2D eigenvalue weighted by Gasteiger charge is -2.28. The van der Waals surface area contributed by atoms with Crippen molar-refractivity contribution in [3.63, 3.8) is 0 Å². The fraction of sp³-hybridized carbons (Fsp3) is 0.333. The van der Waals surface area contributed by atoms with Gasteiger partial charge in [0.05, 0.1) is 11.1 Å². The second kappa shape index (κ2) is 8.98. The van der Waals surface area contributed by atoms with Gasteiger partial charge in [0.2, 0.25) is 0 Å². The van der Waals surface area contributed by atoms with Gasteiger partial charge in [0.1, 0.15) is 0 Å². The summed E-state index contributed by atoms with van der Waals surface area (Å²) in [5, 5.41) is 2.57. The van der Waals surface area contributed by atoms with Crippen LogP contribution in [0.3, 0.4) is 0 Å². The lowest BCUT2D eigenvalue weighted by atomic mass is 10.1. The first kappa shape index (κ1) is 20.7. The van der Waals surface area contributed by atoms with Gasteiger partial charge in [-0.05, 0) is 55.7 Å². The summed E-state index contributed by atoms with van der Waals surface area (Å²) >= 11 is 0. The van der Waals surface area contributed by atoms with Crippen LogP contribution in [0.2, 0.25) is 0 Å². The topological polar surface area (TPSA) is 58.6 Å². The molecule has 8 heteroatoms. The standard InChI is InChI=1S/C21H21F3N2O3/c22-21(23,24)18-7-3-2-6-17(18)20(28)29-14-19(27)25-15-8-10-16(11-9-15)26-12-4-1-5-13-26/h2-3,6-11H,1,4-5,12-14H2,(H,25,27). The van der Waals surface area contributed by atoms with Gasteiger partial charge in [0.15, 0.2) is 6.61 Å². The quantitative estimate of drug-likeness (QED) is 0.744. The molecule has 0 spiro atoms. The van der Waals surface area contributed by atoms with Gasteiger partial charge >= 0.3 is 12.1 Å². The van der Waals surface area contributed by atoms with Crippen LogP contribution in [0.5, 0.6) is 0 Å². The minimum Gasteiger partial charge on any atom is -0.452 e. The maximum atomic E-state index is 13.0. The van der Waals surface area contributed by atoms with E-state index in [-0.39, 0.29) is 0 Å². The number of anilines is 2. The van der Waals surface area contributed by atoms with Crippen LogP contribution in [-0.4, -0.2) is 31.6 Å². The number of amides is 1. The zero-order valence-corrected chi connectivity index (χ0v) is 15.7. The second-order valence-corrected chi connectivity index (χ2v) is 6.76. The molecule has 0 saturated carbocycles. The third kappa shape index (κ3) is 5.49. The Morgan fingerprint density at radius 2 is 1.62 bits per heavy atom. The Bertz CT molecular complexity index is 860. The summed E-state index contributed by atoms with van der Waals surface area (Å²) in [6, 6.07) is 11.6. The summed E-state index contributed by atoms with van der Waals surface area (Å²) in [4.78, 5) is 26.2. The van der Waals surface area contributed by atoms with Crippen molar-refractivity contribution < 1.29 is 27.5 Å². The predicted octanol–water partition coefficient (Wildman–Crippen LogP) is 4.49. The normalized spacial score (nSPS) is 14.4. The number of hydrogen-bond donors (Lipinski definition) is 1. The Morgan fingerprint density at radius 3 is 2.28 bits per heavy atom. The average Bonchev–Trinajstić information content (AvgIpc) is 2.72. The number of benzene rings is 2. The van der Waals surface area contributed by atoms with E-state index in [1.165, 1.54) is 18.6 Å². The predicted molar refractivity (Wildman–Crippen MR) is 103 cm³/mol. The minimum absolute atomic E-state index is 0.516. The number of nitrogens with zero attached hydrogens (tertiary/aromatic N) is 1. The van der Waals surface area contributed by atoms with Gasteiger partial charge in [-0.3, -0.25) is 4.79 Å². The number of hydrogen-bond acceptors (Lipinski definition) is 4. The number of alkyl halides is 3. The van der Waals surface area contributed by atoms with Crippen LogP contribution < -0.4 is 10.2 Å². The van der Waals surface area contributed by atoms with Crippen molar-refractivity contribution >= 4 is 23.3 Å². The summed E-state index contributed by atoms with van der Waals surface area (Å²) in [6.07, 6.45) is -1.15. The monoisotopic (exact) mass is 406 g/mol. The smallest absolute Gasteiger partial charge is 0.417 e. The Labute approximate surface area is 166 Å². The molecule has 1 fully saturated rings. The van der Waals surface area contributed by atoms with Crippen molar-refractivity contribution in [2.24, 2.45) is 0 Å². The molecule has 1 N–H and O–H groups in total. The highest BCUT2D eigenvalue weighted by atomic mass is 19.4. The van der Waals surface area contributed by atoms with Gasteiger partial charge in [-0.25, -0.2) is 4.79 Å². The molecule has 0 bridgehead atoms. The van der Waals surface area contributed by atoms with Gasteiger partial charge in [-0.15, -0.1) is 0 Å². The molecule has 2 aromatic rings. The largest absolute Gasteiger partial charge is 0.452 e. The van der Waals surface area contributed by atoms with E-state index < -0.39 is 35.8 Å². The van der Waals surface area contributed by atoms with Crippen LogP contribution in [0.1, 0.15) is 35.2 Å². The molecule has 0 atom stereocenters. The maximum absolute atomic E-state index is 13.0. The highest BCUT2D eigenvalue weighted by Gasteiger charge is 2.35. The van der Waals surface area contributed by atoms with Crippen molar-refractivity contribution in [1.82, 2.24) is 0 Å². The van der Waals surface area contributed by atoms with Crippen LogP contribution in [0.25, 0.3) is 0 Å². The summed E-state index contributed by atoms with van der Waals surface area (Å²) in [7, 11) is 0. The number of carbonyl (C=O) groups is 2. The first-order chi connectivity index (χ1) is 13.8. The molecule has 1 aliphatic rings. The Balaban J connectivity index is 1.54. The van der Waals surface area contributed by atoms with Crippen molar-refractivity contribution in [1.29, 1.82) is 0 Å². The minimum atomic E-state index is -4.69. The fourth-order valence-electron chi connectivity index (χ4n) is 3.22. The zero-order valence-electron chi connectivity index (χ0n) is 15.7. The maximum Gasteiger partial charge on any atom is 0.417 e. The first-order valence-electron chi connectivity index (χ1n) is 9.33. The summed E-state index contributed by atoms with van der Waals surface area (Å²) in [5.41, 5.74) is -0.141. The second-order valence-electron chi connectivity index (χ2n) is 6.76. The molecular weight excluding hydrogens is 385 g/mol. The summed E-state index contributed by atoms with van der Waals surface area (Å²) in [5.74, 6) is -1.83. The van der Waals surface area contributed by atoms with E-state index in [0.29, 0.717) is 5.69 Å². The van der Waals surface area contributed by atoms with Gasteiger partial charge in [0.25, 0.3) is 5.91 Å². The Morgan fingerprint density at radius 1 is 0.966 bits per heavy atom. The third-order valence-corrected chi connectivity index (χ3v) is 4.66. The van der Waals surface area contributed by atoms with Crippen molar-refractivity contribution in [2.45, 2.75) is 25.4 Å². The first-order valence-corrected chi connectivity index (χ1v) is 9.33. The third-order valence-electron chi connectivity index (χ3n) is 4.66. The molecule has 0 unspecified atom stereocenters. The van der Waals surface area contributed by atoms with Crippen LogP contribution in [0, 0.1) is 0 Å². The molecule has 2 aromatic carbocycles. The van der Waals surface area contributed by atoms with Crippen LogP contribution in [-0.2, 0) is 15.7 Å². The molecule has 0 aromatic heterocycles. The zero-order chi connectivity index (χ0) is 20.9. The van der Waals surface area contributed by atoms with Crippen molar-refractivity contribution in [2.75, 3.05) is 29.9 Å². The van der Waals surface area contributed by atoms with E-state index in [9.17, 15) is 22.8 Å². The highest BCUT2D eigenvalue weighted by molar-refractivity contribution is 5.96. The van der Waals surface area contributed by atoms with E-state index in [2.05, 4.69) is 10.2 Å². The Hall–Kier alpha value is -3.03. The van der Waals surface area contributed by atoms with E-state index in [4.69, 9.17) is 4.74 Å². The van der Waals surface area contributed by atoms with E-state index in [1.807, 2.05) is 12.1 Å². The van der Waals surface area contributed by atoms with E-state index in [0.717, 1.165) is 43.8 Å². The average molecular weight is 406 g/mol. The number of nitrogens with one attached hydrogen (secondary N) is 1. The Kier molecular flexibility index (Phi) is 6.41. The lowest BCUT2D eigenvalue weighted by Crippen LogP contribution is -2.29. The van der Waals surface area contributed by atoms with Gasteiger partial charge in [-0.2, -0.15) is 13.2 Å². The molecule has 1 saturated heterocycles. The van der Waals surface area contributed by atoms with Crippen LogP contribution in [0.4, 0.5) is 24.5 Å². The van der Waals surface area contributed by atoms with Crippen molar-refractivity contribution in [3.8, 4) is 0 Å². The van der Waals surface area contributed by atoms with Gasteiger partial charge < -0.3 is 15.0 Å². The molecule has 0 radical (unpaired) electrons. The van der Waals surface area contributed by atoms with Crippen LogP contribution >= 0.6 is 0 Å². The van der Waals surface area contributed by atoms with Crippen molar-refractivity contribution in [3.05, 3.63) is 59.7 Å². The van der Waals surface area contributed by atoms with Gasteiger partial charge in [0, 0.05) is 24.5 Å². The molecule has 1 amide bonds. The molecule has 1 aliphatic heterocycles.